The molecule has 10 nitrogen and oxygen atoms in total. The van der Waals surface area contributed by atoms with Gasteiger partial charge in [-0.05, 0) is 33.1 Å². The van der Waals surface area contributed by atoms with E-state index in [1.54, 1.807) is 30.9 Å². The number of alkyl halides is 1. The van der Waals surface area contributed by atoms with Gasteiger partial charge in [-0.1, -0.05) is 47.8 Å². The molecule has 40 heavy (non-hydrogen) atoms. The molecule has 11 heteroatoms. The number of ether oxygens (including phenoxy) is 2. The quantitative estimate of drug-likeness (QED) is 0.117. The average molecular weight is 627 g/mol. The zero-order valence-corrected chi connectivity index (χ0v) is 25.4. The van der Waals surface area contributed by atoms with Crippen molar-refractivity contribution in [1.29, 1.82) is 0 Å². The number of hydrogen-bond donors (Lipinski definition) is 2. The van der Waals surface area contributed by atoms with Crippen LogP contribution in [0.2, 0.25) is 0 Å². The number of halogens is 1. The number of likely N-dealkylation sites (tertiary alicyclic amines) is 1. The predicted octanol–water partition coefficient (Wildman–Crippen LogP) is 2.33. The van der Waals surface area contributed by atoms with Gasteiger partial charge in [0.15, 0.2) is 0 Å². The van der Waals surface area contributed by atoms with E-state index in [-0.39, 0.29) is 35.7 Å². The maximum Gasteiger partial charge on any atom is 0.312 e. The second-order valence-corrected chi connectivity index (χ2v) is 12.3. The average Bonchev–Trinajstić information content (AvgIpc) is 3.52. The first-order valence-corrected chi connectivity index (χ1v) is 15.2. The van der Waals surface area contributed by atoms with Gasteiger partial charge in [-0.2, -0.15) is 0 Å². The van der Waals surface area contributed by atoms with Gasteiger partial charge in [-0.25, -0.2) is 0 Å². The minimum absolute atomic E-state index is 0.129. The summed E-state index contributed by atoms with van der Waals surface area (Å²) in [4.78, 5) is 56.5. The van der Waals surface area contributed by atoms with E-state index >= 15 is 0 Å². The van der Waals surface area contributed by atoms with E-state index in [9.17, 15) is 24.3 Å². The Bertz CT molecular complexity index is 977. The lowest BCUT2D eigenvalue weighted by molar-refractivity contribution is -0.160. The molecule has 3 rings (SSSR count). The Balaban J connectivity index is 1.87. The topological polar surface area (TPSA) is 125 Å². The van der Waals surface area contributed by atoms with Gasteiger partial charge in [-0.15, -0.1) is 13.2 Å². The molecule has 0 aromatic carbocycles. The van der Waals surface area contributed by atoms with Crippen molar-refractivity contribution in [2.24, 2.45) is 11.8 Å². The lowest BCUT2D eigenvalue weighted by atomic mass is 9.70. The molecule has 2 bridgehead atoms. The number of amides is 3. The summed E-state index contributed by atoms with van der Waals surface area (Å²) in [5.41, 5.74) is -1.23. The molecule has 3 heterocycles. The fraction of sp³-hybridized carbons (Fsp3) is 0.724. The largest absolute Gasteiger partial charge is 0.460 e. The number of nitrogens with zero attached hydrogens (tertiary/aromatic N) is 2. The SMILES string of the molecule is C=CCCC(=O)NC[C@@H](C)OC(=O)[C@@H]1[C@H]2O[C@@]3(CC2Br)[C@H](C(=O)N(CC=C)CCCCC)N([C@H](C)CO)C(=O)[C@@H]13. The van der Waals surface area contributed by atoms with Crippen molar-refractivity contribution in [2.75, 3.05) is 26.2 Å². The van der Waals surface area contributed by atoms with Crippen LogP contribution in [0, 0.1) is 11.8 Å². The van der Waals surface area contributed by atoms with E-state index in [0.717, 1.165) is 19.3 Å². The molecule has 8 atom stereocenters. The summed E-state index contributed by atoms with van der Waals surface area (Å²) in [6.45, 7) is 13.5. The highest BCUT2D eigenvalue weighted by Crippen LogP contribution is 2.60. The molecule has 0 aromatic rings. The Morgan fingerprint density at radius 2 is 2.02 bits per heavy atom. The second-order valence-electron chi connectivity index (χ2n) is 11.1. The lowest BCUT2D eigenvalue weighted by Crippen LogP contribution is -2.58. The maximum atomic E-state index is 14.2. The third-order valence-corrected chi connectivity index (χ3v) is 8.99. The van der Waals surface area contributed by atoms with Crippen LogP contribution in [0.3, 0.4) is 0 Å². The van der Waals surface area contributed by atoms with Crippen LogP contribution in [0.5, 0.6) is 0 Å². The Morgan fingerprint density at radius 1 is 1.30 bits per heavy atom. The van der Waals surface area contributed by atoms with Crippen molar-refractivity contribution in [1.82, 2.24) is 15.1 Å². The van der Waals surface area contributed by atoms with E-state index in [2.05, 4.69) is 41.3 Å². The van der Waals surface area contributed by atoms with Crippen molar-refractivity contribution < 1.29 is 33.8 Å². The molecule has 3 aliphatic rings. The van der Waals surface area contributed by atoms with Gasteiger partial charge in [0.2, 0.25) is 17.7 Å². The van der Waals surface area contributed by atoms with Gasteiger partial charge < -0.3 is 29.7 Å². The van der Waals surface area contributed by atoms with E-state index in [1.165, 1.54) is 4.90 Å². The van der Waals surface area contributed by atoms with Gasteiger partial charge in [0.1, 0.15) is 17.7 Å². The molecule has 1 spiro atoms. The molecular weight excluding hydrogens is 582 g/mol. The number of carbonyl (C=O) groups is 4. The summed E-state index contributed by atoms with van der Waals surface area (Å²) in [5, 5.41) is 12.8. The van der Waals surface area contributed by atoms with E-state index in [1.807, 2.05) is 0 Å². The first-order chi connectivity index (χ1) is 19.1. The number of aliphatic hydroxyl groups excluding tert-OH is 1. The smallest absolute Gasteiger partial charge is 0.312 e. The zero-order valence-electron chi connectivity index (χ0n) is 23.9. The minimum atomic E-state index is -1.23. The van der Waals surface area contributed by atoms with Gasteiger partial charge in [0.05, 0.1) is 37.1 Å². The number of rotatable bonds is 16. The Morgan fingerprint density at radius 3 is 2.65 bits per heavy atom. The summed E-state index contributed by atoms with van der Waals surface area (Å²) in [5.74, 6) is -3.27. The minimum Gasteiger partial charge on any atom is -0.460 e. The number of aliphatic hydroxyl groups is 1. The van der Waals surface area contributed by atoms with Crippen molar-refractivity contribution in [3.8, 4) is 0 Å². The summed E-state index contributed by atoms with van der Waals surface area (Å²) in [6, 6.07) is -1.64. The number of allylic oxidation sites excluding steroid dienone is 1. The van der Waals surface area contributed by atoms with Crippen molar-refractivity contribution in [2.45, 2.75) is 94.0 Å². The number of nitrogens with one attached hydrogen (secondary N) is 1. The van der Waals surface area contributed by atoms with Gasteiger partial charge in [0.25, 0.3) is 0 Å². The van der Waals surface area contributed by atoms with Gasteiger partial charge >= 0.3 is 5.97 Å². The molecule has 3 amide bonds. The summed E-state index contributed by atoms with van der Waals surface area (Å²) >= 11 is 3.65. The Kier molecular flexibility index (Phi) is 11.4. The van der Waals surface area contributed by atoms with Crippen molar-refractivity contribution in [3.63, 3.8) is 0 Å². The number of unbranched alkanes of at least 4 members (excludes halogenated alkanes) is 2. The molecule has 224 valence electrons. The lowest BCUT2D eigenvalue weighted by Gasteiger charge is -2.38. The molecule has 2 N–H and O–H groups in total. The van der Waals surface area contributed by atoms with E-state index in [0.29, 0.717) is 32.4 Å². The van der Waals surface area contributed by atoms with Crippen LogP contribution in [0.1, 0.15) is 59.3 Å². The summed E-state index contributed by atoms with van der Waals surface area (Å²) in [7, 11) is 0. The normalized spacial score (nSPS) is 30.0. The number of fused-ring (bicyclic) bond motifs is 1. The molecule has 3 aliphatic heterocycles. The highest BCUT2D eigenvalue weighted by Gasteiger charge is 2.77. The molecule has 0 aromatic heterocycles. The molecule has 3 fully saturated rings. The van der Waals surface area contributed by atoms with Crippen LogP contribution in [-0.2, 0) is 28.7 Å². The van der Waals surface area contributed by atoms with Crippen LogP contribution in [0.4, 0.5) is 0 Å². The number of hydrogen-bond acceptors (Lipinski definition) is 7. The maximum absolute atomic E-state index is 14.2. The third-order valence-electron chi connectivity index (χ3n) is 8.14. The Hall–Kier alpha value is -2.24. The monoisotopic (exact) mass is 625 g/mol. The van der Waals surface area contributed by atoms with E-state index < -0.39 is 47.7 Å². The Labute approximate surface area is 245 Å². The van der Waals surface area contributed by atoms with Crippen molar-refractivity contribution >= 4 is 39.6 Å². The summed E-state index contributed by atoms with van der Waals surface area (Å²) in [6.07, 6.45) is 6.01. The number of esters is 1. The van der Waals surface area contributed by atoms with Crippen LogP contribution < -0.4 is 5.32 Å². The highest BCUT2D eigenvalue weighted by atomic mass is 79.9. The first kappa shape index (κ1) is 32.3. The molecule has 3 saturated heterocycles. The van der Waals surface area contributed by atoms with Crippen molar-refractivity contribution in [3.05, 3.63) is 25.3 Å². The predicted molar refractivity (Wildman–Crippen MR) is 153 cm³/mol. The molecule has 0 saturated carbocycles. The van der Waals surface area contributed by atoms with Gasteiger partial charge in [-0.3, -0.25) is 19.2 Å². The second kappa shape index (κ2) is 14.1. The van der Waals surface area contributed by atoms with Crippen LogP contribution in [0.15, 0.2) is 25.3 Å². The van der Waals surface area contributed by atoms with Crippen LogP contribution >= 0.6 is 15.9 Å². The molecular formula is C29H44BrN3O7. The summed E-state index contributed by atoms with van der Waals surface area (Å²) < 4.78 is 12.2. The highest BCUT2D eigenvalue weighted by molar-refractivity contribution is 9.09. The van der Waals surface area contributed by atoms with E-state index in [4.69, 9.17) is 9.47 Å². The fourth-order valence-electron chi connectivity index (χ4n) is 6.25. The third kappa shape index (κ3) is 6.31. The van der Waals surface area contributed by atoms with Gasteiger partial charge in [0, 0.05) is 24.3 Å². The molecule has 0 radical (unpaired) electrons. The van der Waals surface area contributed by atoms with Crippen LogP contribution in [0.25, 0.3) is 0 Å². The van der Waals surface area contributed by atoms with Crippen LogP contribution in [-0.4, -0.2) is 99.6 Å². The molecule has 0 aliphatic carbocycles. The zero-order chi connectivity index (χ0) is 29.6. The first-order valence-electron chi connectivity index (χ1n) is 14.3. The standard InChI is InChI=1S/C29H44BrN3O7/c1-6-9-11-14-32(13-8-3)27(37)25-29-15-20(30)24(40-29)22(23(29)26(36)33(25)18(4)17-34)28(38)39-19(5)16-31-21(35)12-10-7-2/h7-8,18-20,22-25,34H,2-3,6,9-17H2,1,4-5H3,(H,31,35)/t18-,19-,20?,22+,23-,24+,25+,29-/m1/s1. The molecule has 1 unspecified atom stereocenters. The fourth-order valence-corrected chi connectivity index (χ4v) is 7.19. The number of carbonyl (C=O) groups excluding carboxylic acids is 4.